The molecule has 0 spiro atoms. The van der Waals surface area contributed by atoms with E-state index >= 15 is 0 Å². The summed E-state index contributed by atoms with van der Waals surface area (Å²) >= 11 is 1.62. The predicted octanol–water partition coefficient (Wildman–Crippen LogP) is 2.49. The third-order valence-electron chi connectivity index (χ3n) is 3.06. The SMILES string of the molecule is Cc1oc(-c2ccsc2)nc1Cn1cc(CCO)cn1. The summed E-state index contributed by atoms with van der Waals surface area (Å²) in [5.41, 5.74) is 2.90. The zero-order valence-corrected chi connectivity index (χ0v) is 11.9. The van der Waals surface area contributed by atoms with Gasteiger partial charge in [0.2, 0.25) is 5.89 Å². The lowest BCUT2D eigenvalue weighted by Gasteiger charge is -1.97. The van der Waals surface area contributed by atoms with Crippen LogP contribution >= 0.6 is 11.3 Å². The first-order valence-electron chi connectivity index (χ1n) is 6.37. The Morgan fingerprint density at radius 3 is 3.10 bits per heavy atom. The van der Waals surface area contributed by atoms with Crippen LogP contribution < -0.4 is 0 Å². The molecule has 3 heterocycles. The van der Waals surface area contributed by atoms with E-state index in [0.717, 1.165) is 22.6 Å². The molecule has 5 nitrogen and oxygen atoms in total. The van der Waals surface area contributed by atoms with E-state index in [9.17, 15) is 0 Å². The maximum Gasteiger partial charge on any atom is 0.227 e. The van der Waals surface area contributed by atoms with E-state index in [-0.39, 0.29) is 6.61 Å². The summed E-state index contributed by atoms with van der Waals surface area (Å²) in [6.45, 7) is 2.62. The van der Waals surface area contributed by atoms with Gasteiger partial charge in [0.05, 0.1) is 12.7 Å². The number of oxazole rings is 1. The lowest BCUT2D eigenvalue weighted by atomic mass is 10.3. The number of aliphatic hydroxyl groups is 1. The number of thiophene rings is 1. The van der Waals surface area contributed by atoms with Gasteiger partial charge in [0, 0.05) is 23.7 Å². The second-order valence-corrected chi connectivity index (χ2v) is 5.33. The monoisotopic (exact) mass is 289 g/mol. The molecule has 1 N–H and O–H groups in total. The average molecular weight is 289 g/mol. The number of aliphatic hydroxyl groups excluding tert-OH is 1. The van der Waals surface area contributed by atoms with Crippen molar-refractivity contribution in [2.24, 2.45) is 0 Å². The fourth-order valence-electron chi connectivity index (χ4n) is 1.99. The molecule has 0 fully saturated rings. The van der Waals surface area contributed by atoms with Crippen LogP contribution in [0, 0.1) is 6.92 Å². The van der Waals surface area contributed by atoms with Crippen molar-refractivity contribution in [2.75, 3.05) is 6.61 Å². The minimum atomic E-state index is 0.136. The molecule has 0 saturated carbocycles. The van der Waals surface area contributed by atoms with Gasteiger partial charge in [0.1, 0.15) is 11.5 Å². The van der Waals surface area contributed by atoms with Crippen molar-refractivity contribution in [1.29, 1.82) is 0 Å². The summed E-state index contributed by atoms with van der Waals surface area (Å²) in [6, 6.07) is 1.99. The van der Waals surface area contributed by atoms with Crippen molar-refractivity contribution < 1.29 is 9.52 Å². The molecule has 0 aliphatic heterocycles. The topological polar surface area (TPSA) is 64.1 Å². The quantitative estimate of drug-likeness (QED) is 0.784. The Balaban J connectivity index is 1.80. The molecule has 3 rings (SSSR count). The van der Waals surface area contributed by atoms with E-state index in [4.69, 9.17) is 9.52 Å². The summed E-state index contributed by atoms with van der Waals surface area (Å²) in [5.74, 6) is 1.46. The average Bonchev–Trinajstić information content (AvgIpc) is 3.13. The Morgan fingerprint density at radius 1 is 1.45 bits per heavy atom. The molecule has 0 radical (unpaired) electrons. The normalized spacial score (nSPS) is 11.1. The molecule has 3 aromatic rings. The van der Waals surface area contributed by atoms with Gasteiger partial charge >= 0.3 is 0 Å². The number of nitrogens with zero attached hydrogens (tertiary/aromatic N) is 3. The Kier molecular flexibility index (Phi) is 3.66. The van der Waals surface area contributed by atoms with Crippen LogP contribution in [-0.4, -0.2) is 26.5 Å². The van der Waals surface area contributed by atoms with Crippen LogP contribution in [0.25, 0.3) is 11.5 Å². The number of hydrogen-bond donors (Lipinski definition) is 1. The smallest absolute Gasteiger partial charge is 0.227 e. The number of hydrogen-bond acceptors (Lipinski definition) is 5. The van der Waals surface area contributed by atoms with Crippen LogP contribution in [0.15, 0.2) is 33.6 Å². The Morgan fingerprint density at radius 2 is 2.35 bits per heavy atom. The first kappa shape index (κ1) is 13.1. The second kappa shape index (κ2) is 5.60. The minimum absolute atomic E-state index is 0.136. The summed E-state index contributed by atoms with van der Waals surface area (Å²) in [5, 5.41) is 17.2. The van der Waals surface area contributed by atoms with E-state index in [1.54, 1.807) is 17.5 Å². The Bertz CT molecular complexity index is 685. The molecule has 20 heavy (non-hydrogen) atoms. The first-order chi connectivity index (χ1) is 9.76. The number of aromatic nitrogens is 3. The molecule has 0 aliphatic rings. The third kappa shape index (κ3) is 2.66. The standard InChI is InChI=1S/C14H15N3O2S/c1-10-13(8-17-7-11(2-4-18)6-15-17)16-14(19-10)12-3-5-20-9-12/h3,5-7,9,18H,2,4,8H2,1H3. The molecular formula is C14H15N3O2S. The number of rotatable bonds is 5. The van der Waals surface area contributed by atoms with Gasteiger partial charge in [-0.3, -0.25) is 4.68 Å². The van der Waals surface area contributed by atoms with E-state index in [2.05, 4.69) is 10.1 Å². The zero-order valence-electron chi connectivity index (χ0n) is 11.1. The van der Waals surface area contributed by atoms with Gasteiger partial charge in [-0.2, -0.15) is 16.4 Å². The van der Waals surface area contributed by atoms with E-state index in [1.807, 2.05) is 34.6 Å². The highest BCUT2D eigenvalue weighted by Crippen LogP contribution is 2.24. The molecule has 0 saturated heterocycles. The van der Waals surface area contributed by atoms with Crippen molar-refractivity contribution in [3.63, 3.8) is 0 Å². The van der Waals surface area contributed by atoms with Gasteiger partial charge in [0.25, 0.3) is 0 Å². The fourth-order valence-corrected chi connectivity index (χ4v) is 2.62. The van der Waals surface area contributed by atoms with Gasteiger partial charge in [0.15, 0.2) is 0 Å². The molecule has 6 heteroatoms. The van der Waals surface area contributed by atoms with Crippen molar-refractivity contribution in [3.05, 3.63) is 46.2 Å². The summed E-state index contributed by atoms with van der Waals surface area (Å²) in [6.07, 6.45) is 4.32. The van der Waals surface area contributed by atoms with Crippen LogP contribution in [-0.2, 0) is 13.0 Å². The highest BCUT2D eigenvalue weighted by Gasteiger charge is 2.12. The zero-order chi connectivity index (χ0) is 13.9. The predicted molar refractivity (Wildman–Crippen MR) is 76.7 cm³/mol. The van der Waals surface area contributed by atoms with Crippen molar-refractivity contribution in [3.8, 4) is 11.5 Å². The van der Waals surface area contributed by atoms with Crippen molar-refractivity contribution in [1.82, 2.24) is 14.8 Å². The summed E-state index contributed by atoms with van der Waals surface area (Å²) in [4.78, 5) is 4.53. The van der Waals surface area contributed by atoms with Gasteiger partial charge in [-0.15, -0.1) is 0 Å². The van der Waals surface area contributed by atoms with Crippen LogP contribution in [0.3, 0.4) is 0 Å². The van der Waals surface area contributed by atoms with Crippen LogP contribution in [0.2, 0.25) is 0 Å². The molecule has 0 amide bonds. The van der Waals surface area contributed by atoms with E-state index in [1.165, 1.54) is 0 Å². The molecule has 0 aromatic carbocycles. The molecule has 0 aliphatic carbocycles. The maximum atomic E-state index is 8.91. The molecule has 0 unspecified atom stereocenters. The Labute approximate surface area is 120 Å². The third-order valence-corrected chi connectivity index (χ3v) is 3.74. The van der Waals surface area contributed by atoms with Crippen LogP contribution in [0.4, 0.5) is 0 Å². The lowest BCUT2D eigenvalue weighted by molar-refractivity contribution is 0.299. The lowest BCUT2D eigenvalue weighted by Crippen LogP contribution is -2.01. The van der Waals surface area contributed by atoms with Gasteiger partial charge in [-0.1, -0.05) is 0 Å². The maximum absolute atomic E-state index is 8.91. The highest BCUT2D eigenvalue weighted by atomic mass is 32.1. The van der Waals surface area contributed by atoms with E-state index in [0.29, 0.717) is 18.9 Å². The summed E-state index contributed by atoms with van der Waals surface area (Å²) in [7, 11) is 0. The molecular weight excluding hydrogens is 274 g/mol. The highest BCUT2D eigenvalue weighted by molar-refractivity contribution is 7.08. The van der Waals surface area contributed by atoms with E-state index < -0.39 is 0 Å². The fraction of sp³-hybridized carbons (Fsp3) is 0.286. The molecule has 3 aromatic heterocycles. The van der Waals surface area contributed by atoms with Gasteiger partial charge in [-0.05, 0) is 30.4 Å². The largest absolute Gasteiger partial charge is 0.441 e. The number of aryl methyl sites for hydroxylation is 1. The van der Waals surface area contributed by atoms with Crippen molar-refractivity contribution in [2.45, 2.75) is 19.9 Å². The van der Waals surface area contributed by atoms with Crippen LogP contribution in [0.5, 0.6) is 0 Å². The van der Waals surface area contributed by atoms with Crippen LogP contribution in [0.1, 0.15) is 17.0 Å². The summed E-state index contributed by atoms with van der Waals surface area (Å²) < 4.78 is 7.51. The van der Waals surface area contributed by atoms with Crippen molar-refractivity contribution >= 4 is 11.3 Å². The minimum Gasteiger partial charge on any atom is -0.441 e. The first-order valence-corrected chi connectivity index (χ1v) is 7.31. The Hall–Kier alpha value is -1.92. The molecule has 104 valence electrons. The molecule has 0 atom stereocenters. The second-order valence-electron chi connectivity index (χ2n) is 4.55. The van der Waals surface area contributed by atoms with Gasteiger partial charge < -0.3 is 9.52 Å². The van der Waals surface area contributed by atoms with Gasteiger partial charge in [-0.25, -0.2) is 4.98 Å². The molecule has 0 bridgehead atoms.